The van der Waals surface area contributed by atoms with Gasteiger partial charge in [0.15, 0.2) is 0 Å². The van der Waals surface area contributed by atoms with E-state index in [0.717, 1.165) is 23.7 Å². The largest absolute Gasteiger partial charge is 0.0628 e. The Morgan fingerprint density at radius 2 is 1.22 bits per heavy atom. The molecule has 1 aliphatic rings. The van der Waals surface area contributed by atoms with Crippen LogP contribution >= 0.6 is 0 Å². The van der Waals surface area contributed by atoms with E-state index in [1.165, 1.54) is 25.7 Å². The summed E-state index contributed by atoms with van der Waals surface area (Å²) in [7, 11) is 0. The number of benzene rings is 1. The highest BCUT2D eigenvalue weighted by atomic mass is 14.3. The molecule has 100 valence electrons. The molecule has 0 N–H and O–H groups in total. The molecule has 0 aromatic heterocycles. The standard InChI is InChI=1S/C18H28/c1-13(2)11-15-9-10-16(12-14(3)4)18-8-6-5-7-17(15)18/h5-8,13-16H,9-12H2,1-4H3. The van der Waals surface area contributed by atoms with Crippen molar-refractivity contribution in [1.29, 1.82) is 0 Å². The Morgan fingerprint density at radius 3 is 1.56 bits per heavy atom. The molecule has 2 unspecified atom stereocenters. The van der Waals surface area contributed by atoms with E-state index >= 15 is 0 Å². The molecule has 0 saturated heterocycles. The zero-order valence-electron chi connectivity index (χ0n) is 12.4. The minimum atomic E-state index is 0.810. The molecule has 1 aromatic rings. The van der Waals surface area contributed by atoms with Crippen LogP contribution in [0.2, 0.25) is 0 Å². The maximum atomic E-state index is 2.38. The Labute approximate surface area is 113 Å². The van der Waals surface area contributed by atoms with Gasteiger partial charge in [-0.05, 0) is 60.5 Å². The quantitative estimate of drug-likeness (QED) is 0.633. The van der Waals surface area contributed by atoms with E-state index in [-0.39, 0.29) is 0 Å². The Morgan fingerprint density at radius 1 is 0.833 bits per heavy atom. The van der Waals surface area contributed by atoms with E-state index in [1.54, 1.807) is 11.1 Å². The molecular weight excluding hydrogens is 216 g/mol. The third kappa shape index (κ3) is 3.16. The zero-order chi connectivity index (χ0) is 13.1. The Kier molecular flexibility index (Phi) is 4.48. The zero-order valence-corrected chi connectivity index (χ0v) is 12.4. The Bertz CT molecular complexity index is 338. The highest BCUT2D eigenvalue weighted by molar-refractivity contribution is 5.35. The predicted octanol–water partition coefficient (Wildman–Crippen LogP) is 5.74. The van der Waals surface area contributed by atoms with Crippen LogP contribution in [0.25, 0.3) is 0 Å². The lowest BCUT2D eigenvalue weighted by Gasteiger charge is -2.33. The van der Waals surface area contributed by atoms with Crippen molar-refractivity contribution in [3.8, 4) is 0 Å². The van der Waals surface area contributed by atoms with E-state index in [0.29, 0.717) is 0 Å². The molecule has 2 rings (SSSR count). The fourth-order valence-electron chi connectivity index (χ4n) is 3.60. The number of hydrogen-bond acceptors (Lipinski definition) is 0. The topological polar surface area (TPSA) is 0 Å². The van der Waals surface area contributed by atoms with Crippen LogP contribution in [0.1, 0.15) is 76.3 Å². The summed E-state index contributed by atoms with van der Waals surface area (Å²) in [6, 6.07) is 9.22. The van der Waals surface area contributed by atoms with Gasteiger partial charge in [0.1, 0.15) is 0 Å². The van der Waals surface area contributed by atoms with Gasteiger partial charge >= 0.3 is 0 Å². The summed E-state index contributed by atoms with van der Waals surface area (Å²) in [6.45, 7) is 9.40. The SMILES string of the molecule is CC(C)CC1CCC(CC(C)C)c2ccccc21. The van der Waals surface area contributed by atoms with Crippen molar-refractivity contribution in [2.24, 2.45) is 11.8 Å². The van der Waals surface area contributed by atoms with Crippen LogP contribution in [0.4, 0.5) is 0 Å². The lowest BCUT2D eigenvalue weighted by Crippen LogP contribution is -2.17. The van der Waals surface area contributed by atoms with Crippen molar-refractivity contribution in [1.82, 2.24) is 0 Å². The summed E-state index contributed by atoms with van der Waals surface area (Å²) >= 11 is 0. The predicted molar refractivity (Wildman–Crippen MR) is 80.1 cm³/mol. The van der Waals surface area contributed by atoms with Crippen molar-refractivity contribution in [3.63, 3.8) is 0 Å². The monoisotopic (exact) mass is 244 g/mol. The Hall–Kier alpha value is -0.780. The van der Waals surface area contributed by atoms with Gasteiger partial charge in [0.2, 0.25) is 0 Å². The molecule has 18 heavy (non-hydrogen) atoms. The maximum Gasteiger partial charge on any atom is -0.0156 e. The molecule has 2 atom stereocenters. The molecule has 0 radical (unpaired) electrons. The number of rotatable bonds is 4. The van der Waals surface area contributed by atoms with Gasteiger partial charge < -0.3 is 0 Å². The average molecular weight is 244 g/mol. The van der Waals surface area contributed by atoms with Crippen LogP contribution < -0.4 is 0 Å². The molecule has 0 nitrogen and oxygen atoms in total. The van der Waals surface area contributed by atoms with Crippen molar-refractivity contribution in [2.75, 3.05) is 0 Å². The molecule has 1 aliphatic carbocycles. The first-order chi connectivity index (χ1) is 8.58. The van der Waals surface area contributed by atoms with E-state index in [4.69, 9.17) is 0 Å². The molecule has 1 aromatic carbocycles. The minimum absolute atomic E-state index is 0.810. The summed E-state index contributed by atoms with van der Waals surface area (Å²) in [4.78, 5) is 0. The van der Waals surface area contributed by atoms with Crippen LogP contribution in [-0.4, -0.2) is 0 Å². The van der Waals surface area contributed by atoms with Gasteiger partial charge in [-0.2, -0.15) is 0 Å². The molecule has 0 aliphatic heterocycles. The van der Waals surface area contributed by atoms with Gasteiger partial charge in [-0.25, -0.2) is 0 Å². The molecule has 0 heteroatoms. The van der Waals surface area contributed by atoms with Crippen LogP contribution in [0, 0.1) is 11.8 Å². The lowest BCUT2D eigenvalue weighted by molar-refractivity contribution is 0.384. The van der Waals surface area contributed by atoms with Crippen molar-refractivity contribution in [3.05, 3.63) is 35.4 Å². The van der Waals surface area contributed by atoms with Gasteiger partial charge in [0.25, 0.3) is 0 Å². The van der Waals surface area contributed by atoms with Crippen molar-refractivity contribution in [2.45, 2.75) is 65.2 Å². The summed E-state index contributed by atoms with van der Waals surface area (Å²) in [5.41, 5.74) is 3.31. The molecule has 0 heterocycles. The van der Waals surface area contributed by atoms with Gasteiger partial charge in [-0.3, -0.25) is 0 Å². The van der Waals surface area contributed by atoms with Crippen LogP contribution in [0.5, 0.6) is 0 Å². The third-order valence-corrected chi connectivity index (χ3v) is 4.25. The molecule has 0 fully saturated rings. The molecular formula is C18H28. The van der Waals surface area contributed by atoms with Crippen LogP contribution in [-0.2, 0) is 0 Å². The maximum absolute atomic E-state index is 2.38. The van der Waals surface area contributed by atoms with Gasteiger partial charge in [-0.15, -0.1) is 0 Å². The average Bonchev–Trinajstić information content (AvgIpc) is 2.31. The normalized spacial score (nSPS) is 23.4. The van der Waals surface area contributed by atoms with Gasteiger partial charge in [0.05, 0.1) is 0 Å². The first kappa shape index (κ1) is 13.6. The smallest absolute Gasteiger partial charge is 0.0156 e. The summed E-state index contributed by atoms with van der Waals surface area (Å²) in [5.74, 6) is 3.24. The van der Waals surface area contributed by atoms with Gasteiger partial charge in [0, 0.05) is 0 Å². The van der Waals surface area contributed by atoms with Crippen LogP contribution in [0.3, 0.4) is 0 Å². The summed E-state index contributed by atoms with van der Waals surface area (Å²) < 4.78 is 0. The Balaban J connectivity index is 2.22. The van der Waals surface area contributed by atoms with Crippen molar-refractivity contribution < 1.29 is 0 Å². The van der Waals surface area contributed by atoms with Crippen LogP contribution in [0.15, 0.2) is 24.3 Å². The molecule has 0 bridgehead atoms. The summed E-state index contributed by atoms with van der Waals surface area (Å²) in [5, 5.41) is 0. The van der Waals surface area contributed by atoms with E-state index < -0.39 is 0 Å². The van der Waals surface area contributed by atoms with E-state index in [1.807, 2.05) is 0 Å². The first-order valence-corrected chi connectivity index (χ1v) is 7.66. The molecule has 0 saturated carbocycles. The highest BCUT2D eigenvalue weighted by Gasteiger charge is 2.27. The van der Waals surface area contributed by atoms with E-state index in [2.05, 4.69) is 52.0 Å². The molecule has 0 amide bonds. The lowest BCUT2D eigenvalue weighted by atomic mass is 9.72. The third-order valence-electron chi connectivity index (χ3n) is 4.25. The summed E-state index contributed by atoms with van der Waals surface area (Å²) in [6.07, 6.45) is 5.50. The first-order valence-electron chi connectivity index (χ1n) is 7.66. The number of hydrogen-bond donors (Lipinski definition) is 0. The van der Waals surface area contributed by atoms with E-state index in [9.17, 15) is 0 Å². The highest BCUT2D eigenvalue weighted by Crippen LogP contribution is 2.43. The second-order valence-corrected chi connectivity index (χ2v) is 6.86. The fourth-order valence-corrected chi connectivity index (χ4v) is 3.60. The second-order valence-electron chi connectivity index (χ2n) is 6.86. The molecule has 0 spiro atoms. The fraction of sp³-hybridized carbons (Fsp3) is 0.667. The second kappa shape index (κ2) is 5.91. The van der Waals surface area contributed by atoms with Gasteiger partial charge in [-0.1, -0.05) is 52.0 Å². The minimum Gasteiger partial charge on any atom is -0.0628 e. The van der Waals surface area contributed by atoms with Crippen molar-refractivity contribution >= 4 is 0 Å². The number of fused-ring (bicyclic) bond motifs is 1.